The predicted molar refractivity (Wildman–Crippen MR) is 110 cm³/mol. The maximum atomic E-state index is 12.3. The van der Waals surface area contributed by atoms with Crippen molar-refractivity contribution in [3.8, 4) is 22.9 Å². The Bertz CT molecular complexity index is 1040. The van der Waals surface area contributed by atoms with Gasteiger partial charge in [-0.2, -0.15) is 0 Å². The molecule has 2 aromatic carbocycles. The zero-order valence-electron chi connectivity index (χ0n) is 16.3. The smallest absolute Gasteiger partial charge is 0.240 e. The molecule has 0 fully saturated rings. The average Bonchev–Trinajstić information content (AvgIpc) is 2.73. The first kappa shape index (κ1) is 20.8. The molecule has 0 saturated heterocycles. The first-order chi connectivity index (χ1) is 14.0. The molecular formula is C21H23N3O4S. The number of aryl methyl sites for hydroxylation is 1. The van der Waals surface area contributed by atoms with Crippen molar-refractivity contribution >= 4 is 10.0 Å². The number of rotatable bonds is 9. The largest absolute Gasteiger partial charge is 0.494 e. The number of sulfonamides is 1. The molecule has 0 spiro atoms. The van der Waals surface area contributed by atoms with Crippen LogP contribution in [-0.2, 0) is 10.0 Å². The Hall–Kier alpha value is -2.97. The summed E-state index contributed by atoms with van der Waals surface area (Å²) in [6.07, 6.45) is 0. The van der Waals surface area contributed by atoms with E-state index in [0.717, 1.165) is 16.9 Å². The third kappa shape index (κ3) is 5.75. The van der Waals surface area contributed by atoms with Gasteiger partial charge in [-0.3, -0.25) is 0 Å². The maximum absolute atomic E-state index is 12.3. The van der Waals surface area contributed by atoms with Crippen LogP contribution in [0.4, 0.5) is 0 Å². The molecule has 7 nitrogen and oxygen atoms in total. The van der Waals surface area contributed by atoms with Crippen LogP contribution in [0.3, 0.4) is 0 Å². The molecule has 0 aliphatic carbocycles. The maximum Gasteiger partial charge on any atom is 0.240 e. The molecule has 1 N–H and O–H groups in total. The number of hydrogen-bond donors (Lipinski definition) is 1. The summed E-state index contributed by atoms with van der Waals surface area (Å²) in [6, 6.07) is 17.8. The van der Waals surface area contributed by atoms with Crippen molar-refractivity contribution in [3.05, 3.63) is 66.2 Å². The minimum Gasteiger partial charge on any atom is -0.494 e. The molecule has 0 radical (unpaired) electrons. The zero-order valence-corrected chi connectivity index (χ0v) is 17.1. The van der Waals surface area contributed by atoms with Crippen LogP contribution in [-0.4, -0.2) is 38.4 Å². The fourth-order valence-corrected chi connectivity index (χ4v) is 3.75. The summed E-state index contributed by atoms with van der Waals surface area (Å²) < 4.78 is 37.9. The van der Waals surface area contributed by atoms with Gasteiger partial charge >= 0.3 is 0 Å². The lowest BCUT2D eigenvalue weighted by Gasteiger charge is -2.09. The molecule has 0 aliphatic heterocycles. The highest BCUT2D eigenvalue weighted by Gasteiger charge is 2.13. The van der Waals surface area contributed by atoms with E-state index in [9.17, 15) is 8.42 Å². The minimum absolute atomic E-state index is 0.124. The second-order valence-corrected chi connectivity index (χ2v) is 8.04. The standard InChI is InChI=1S/C21H23N3O4S/c1-3-27-18-9-7-17(8-10-18)20-11-12-21(24-23-20)28-14-13-22-29(25,26)19-6-4-5-16(2)15-19/h4-12,15,22H,3,13-14H2,1-2H3. The van der Waals surface area contributed by atoms with Crippen LogP contribution < -0.4 is 14.2 Å². The molecule has 0 saturated carbocycles. The summed E-state index contributed by atoms with van der Waals surface area (Å²) in [7, 11) is -3.56. The lowest BCUT2D eigenvalue weighted by atomic mass is 10.1. The van der Waals surface area contributed by atoms with Gasteiger partial charge in [0.15, 0.2) is 0 Å². The summed E-state index contributed by atoms with van der Waals surface area (Å²) in [4.78, 5) is 0.233. The van der Waals surface area contributed by atoms with E-state index in [1.54, 1.807) is 30.3 Å². The molecule has 0 amide bonds. The normalized spacial score (nSPS) is 11.2. The van der Waals surface area contributed by atoms with Crippen molar-refractivity contribution in [1.29, 1.82) is 0 Å². The quantitative estimate of drug-likeness (QED) is 0.542. The van der Waals surface area contributed by atoms with Crippen LogP contribution in [0.1, 0.15) is 12.5 Å². The summed E-state index contributed by atoms with van der Waals surface area (Å²) in [6.45, 7) is 4.66. The van der Waals surface area contributed by atoms with Crippen molar-refractivity contribution in [2.24, 2.45) is 0 Å². The van der Waals surface area contributed by atoms with Crippen LogP contribution >= 0.6 is 0 Å². The van der Waals surface area contributed by atoms with Crippen molar-refractivity contribution in [3.63, 3.8) is 0 Å². The van der Waals surface area contributed by atoms with Crippen LogP contribution in [0.25, 0.3) is 11.3 Å². The Labute approximate surface area is 170 Å². The lowest BCUT2D eigenvalue weighted by molar-refractivity contribution is 0.307. The lowest BCUT2D eigenvalue weighted by Crippen LogP contribution is -2.28. The van der Waals surface area contributed by atoms with Crippen LogP contribution in [0, 0.1) is 6.92 Å². The highest BCUT2D eigenvalue weighted by molar-refractivity contribution is 7.89. The number of ether oxygens (including phenoxy) is 2. The van der Waals surface area contributed by atoms with Gasteiger partial charge in [0.1, 0.15) is 12.4 Å². The Kier molecular flexibility index (Phi) is 6.79. The molecule has 0 atom stereocenters. The van der Waals surface area contributed by atoms with Crippen LogP contribution in [0.15, 0.2) is 65.6 Å². The fraction of sp³-hybridized carbons (Fsp3) is 0.238. The van der Waals surface area contributed by atoms with Gasteiger partial charge in [-0.1, -0.05) is 12.1 Å². The Morgan fingerprint density at radius 2 is 1.76 bits per heavy atom. The van der Waals surface area contributed by atoms with E-state index in [-0.39, 0.29) is 18.0 Å². The van der Waals surface area contributed by atoms with Gasteiger partial charge in [0.2, 0.25) is 15.9 Å². The number of nitrogens with zero attached hydrogens (tertiary/aromatic N) is 2. The molecule has 3 aromatic rings. The van der Waals surface area contributed by atoms with E-state index in [1.807, 2.05) is 44.2 Å². The molecule has 0 bridgehead atoms. The molecule has 29 heavy (non-hydrogen) atoms. The van der Waals surface area contributed by atoms with Crippen LogP contribution in [0.2, 0.25) is 0 Å². The third-order valence-electron chi connectivity index (χ3n) is 4.05. The fourth-order valence-electron chi connectivity index (χ4n) is 2.64. The van der Waals surface area contributed by atoms with Crippen LogP contribution in [0.5, 0.6) is 11.6 Å². The molecule has 0 unspecified atom stereocenters. The first-order valence-electron chi connectivity index (χ1n) is 9.24. The Morgan fingerprint density at radius 3 is 2.41 bits per heavy atom. The Morgan fingerprint density at radius 1 is 0.966 bits per heavy atom. The predicted octanol–water partition coefficient (Wildman–Crippen LogP) is 3.21. The SMILES string of the molecule is CCOc1ccc(-c2ccc(OCCNS(=O)(=O)c3cccc(C)c3)nn2)cc1. The van der Waals surface area contributed by atoms with E-state index in [4.69, 9.17) is 9.47 Å². The Balaban J connectivity index is 1.51. The minimum atomic E-state index is -3.56. The van der Waals surface area contributed by atoms with Crippen molar-refractivity contribution < 1.29 is 17.9 Å². The number of benzene rings is 2. The number of hydrogen-bond acceptors (Lipinski definition) is 6. The van der Waals surface area contributed by atoms with E-state index < -0.39 is 10.0 Å². The summed E-state index contributed by atoms with van der Waals surface area (Å²) in [5.41, 5.74) is 2.51. The summed E-state index contributed by atoms with van der Waals surface area (Å²) in [5, 5.41) is 8.19. The average molecular weight is 413 g/mol. The number of aromatic nitrogens is 2. The van der Waals surface area contributed by atoms with Gasteiger partial charge in [-0.05, 0) is 61.9 Å². The van der Waals surface area contributed by atoms with Gasteiger partial charge < -0.3 is 9.47 Å². The van der Waals surface area contributed by atoms with Gasteiger partial charge in [0.25, 0.3) is 0 Å². The molecule has 152 valence electrons. The summed E-state index contributed by atoms with van der Waals surface area (Å²) >= 11 is 0. The molecule has 0 aliphatic rings. The third-order valence-corrected chi connectivity index (χ3v) is 5.50. The van der Waals surface area contributed by atoms with Crippen molar-refractivity contribution in [2.75, 3.05) is 19.8 Å². The van der Waals surface area contributed by atoms with Gasteiger partial charge in [0, 0.05) is 18.2 Å². The van der Waals surface area contributed by atoms with Gasteiger partial charge in [-0.15, -0.1) is 10.2 Å². The zero-order chi connectivity index (χ0) is 20.7. The second kappa shape index (κ2) is 9.49. The van der Waals surface area contributed by atoms with E-state index >= 15 is 0 Å². The van der Waals surface area contributed by atoms with E-state index in [2.05, 4.69) is 14.9 Å². The molecule has 8 heteroatoms. The van der Waals surface area contributed by atoms with Gasteiger partial charge in [0.05, 0.1) is 17.2 Å². The number of nitrogens with one attached hydrogen (secondary N) is 1. The molecule has 1 aromatic heterocycles. The summed E-state index contributed by atoms with van der Waals surface area (Å²) in [5.74, 6) is 1.13. The van der Waals surface area contributed by atoms with Crippen molar-refractivity contribution in [1.82, 2.24) is 14.9 Å². The first-order valence-corrected chi connectivity index (χ1v) is 10.7. The highest BCUT2D eigenvalue weighted by atomic mass is 32.2. The topological polar surface area (TPSA) is 90.4 Å². The van der Waals surface area contributed by atoms with E-state index in [1.165, 1.54) is 0 Å². The monoisotopic (exact) mass is 413 g/mol. The molecular weight excluding hydrogens is 390 g/mol. The second-order valence-electron chi connectivity index (χ2n) is 6.28. The van der Waals surface area contributed by atoms with E-state index in [0.29, 0.717) is 18.2 Å². The highest BCUT2D eigenvalue weighted by Crippen LogP contribution is 2.21. The molecule has 3 rings (SSSR count). The molecule has 1 heterocycles. The van der Waals surface area contributed by atoms with Gasteiger partial charge in [-0.25, -0.2) is 13.1 Å². The van der Waals surface area contributed by atoms with Crippen molar-refractivity contribution in [2.45, 2.75) is 18.7 Å².